The first-order valence-corrected chi connectivity index (χ1v) is 3.89. The minimum absolute atomic E-state index is 0.262. The summed E-state index contributed by atoms with van der Waals surface area (Å²) >= 11 is 0. The third kappa shape index (κ3) is 4.79. The molecule has 2 N–H and O–H groups in total. The average molecular weight is 182 g/mol. The number of hydrogen-bond acceptors (Lipinski definition) is 2. The van der Waals surface area contributed by atoms with Crippen LogP contribution in [0.4, 0.5) is 0 Å². The molecule has 0 saturated heterocycles. The molecular weight excluding hydrogens is 168 g/mol. The largest absolute Gasteiger partial charge is 0.369 e. The molecule has 4 heteroatoms. The zero-order valence-electron chi connectivity index (χ0n) is 7.53. The number of amides is 2. The Balaban J connectivity index is 4.17. The van der Waals surface area contributed by atoms with Gasteiger partial charge >= 0.3 is 0 Å². The van der Waals surface area contributed by atoms with Crippen LogP contribution in [0.1, 0.15) is 6.42 Å². The first kappa shape index (κ1) is 11.4. The highest BCUT2D eigenvalue weighted by Crippen LogP contribution is 1.94. The van der Waals surface area contributed by atoms with Crippen molar-refractivity contribution in [1.82, 2.24) is 4.90 Å². The van der Waals surface area contributed by atoms with Crippen LogP contribution >= 0.6 is 0 Å². The van der Waals surface area contributed by atoms with E-state index in [1.807, 2.05) is 0 Å². The van der Waals surface area contributed by atoms with Crippen LogP contribution in [-0.4, -0.2) is 29.8 Å². The van der Waals surface area contributed by atoms with E-state index in [-0.39, 0.29) is 12.3 Å². The Morgan fingerprint density at radius 1 is 1.23 bits per heavy atom. The van der Waals surface area contributed by atoms with Crippen molar-refractivity contribution in [3.05, 3.63) is 25.3 Å². The van der Waals surface area contributed by atoms with Crippen LogP contribution in [-0.2, 0) is 9.59 Å². The maximum Gasteiger partial charge on any atom is 0.232 e. The van der Waals surface area contributed by atoms with Crippen molar-refractivity contribution < 1.29 is 9.59 Å². The molecule has 0 bridgehead atoms. The third-order valence-electron chi connectivity index (χ3n) is 1.38. The number of nitrogens with two attached hydrogens (primary N) is 1. The second-order valence-corrected chi connectivity index (χ2v) is 2.52. The van der Waals surface area contributed by atoms with E-state index in [1.54, 1.807) is 12.2 Å². The zero-order chi connectivity index (χ0) is 10.3. The minimum Gasteiger partial charge on any atom is -0.369 e. The topological polar surface area (TPSA) is 63.4 Å². The molecule has 0 aromatic rings. The first-order chi connectivity index (χ1) is 6.11. The Morgan fingerprint density at radius 3 is 2.00 bits per heavy atom. The molecule has 0 aliphatic heterocycles. The molecule has 0 aliphatic carbocycles. The van der Waals surface area contributed by atoms with Gasteiger partial charge in [0.2, 0.25) is 11.8 Å². The summed E-state index contributed by atoms with van der Waals surface area (Å²) in [5.41, 5.74) is 4.89. The fourth-order valence-corrected chi connectivity index (χ4v) is 0.851. The van der Waals surface area contributed by atoms with Crippen molar-refractivity contribution in [2.45, 2.75) is 6.42 Å². The average Bonchev–Trinajstić information content (AvgIpc) is 2.02. The summed E-state index contributed by atoms with van der Waals surface area (Å²) in [7, 11) is 0. The molecule has 13 heavy (non-hydrogen) atoms. The van der Waals surface area contributed by atoms with Crippen LogP contribution in [0.25, 0.3) is 0 Å². The van der Waals surface area contributed by atoms with Gasteiger partial charge in [-0.15, -0.1) is 13.2 Å². The van der Waals surface area contributed by atoms with Gasteiger partial charge in [-0.2, -0.15) is 0 Å². The smallest absolute Gasteiger partial charge is 0.232 e. The van der Waals surface area contributed by atoms with Gasteiger partial charge in [-0.25, -0.2) is 0 Å². The fraction of sp³-hybridized carbons (Fsp3) is 0.333. The Kier molecular flexibility index (Phi) is 5.27. The van der Waals surface area contributed by atoms with Gasteiger partial charge < -0.3 is 10.6 Å². The Labute approximate surface area is 77.7 Å². The summed E-state index contributed by atoms with van der Waals surface area (Å²) in [6.45, 7) is 7.80. The van der Waals surface area contributed by atoms with Crippen molar-refractivity contribution in [3.63, 3.8) is 0 Å². The minimum atomic E-state index is -0.622. The molecular formula is C9H14N2O2. The number of nitrogens with zero attached hydrogens (tertiary/aromatic N) is 1. The number of hydrogen-bond donors (Lipinski definition) is 1. The zero-order valence-corrected chi connectivity index (χ0v) is 7.53. The maximum atomic E-state index is 11.3. The number of primary amides is 1. The molecule has 0 aromatic heterocycles. The van der Waals surface area contributed by atoms with Crippen LogP contribution < -0.4 is 5.73 Å². The van der Waals surface area contributed by atoms with Crippen molar-refractivity contribution in [2.75, 3.05) is 13.1 Å². The van der Waals surface area contributed by atoms with Gasteiger partial charge in [0.15, 0.2) is 0 Å². The van der Waals surface area contributed by atoms with Crippen molar-refractivity contribution >= 4 is 11.8 Å². The summed E-state index contributed by atoms with van der Waals surface area (Å²) in [5.74, 6) is -0.921. The van der Waals surface area contributed by atoms with Crippen molar-refractivity contribution in [1.29, 1.82) is 0 Å². The Bertz CT molecular complexity index is 214. The molecule has 0 rings (SSSR count). The molecule has 4 nitrogen and oxygen atoms in total. The third-order valence-corrected chi connectivity index (χ3v) is 1.38. The molecule has 0 spiro atoms. The quantitative estimate of drug-likeness (QED) is 0.466. The van der Waals surface area contributed by atoms with Crippen molar-refractivity contribution in [3.8, 4) is 0 Å². The van der Waals surface area contributed by atoms with Crippen LogP contribution in [0.5, 0.6) is 0 Å². The summed E-state index contributed by atoms with van der Waals surface area (Å²) in [6, 6.07) is 0. The summed E-state index contributed by atoms with van der Waals surface area (Å²) in [4.78, 5) is 23.2. The number of carbonyl (C=O) groups is 2. The van der Waals surface area contributed by atoms with E-state index in [0.29, 0.717) is 13.1 Å². The lowest BCUT2D eigenvalue weighted by atomic mass is 10.3. The number of carbonyl (C=O) groups excluding carboxylic acids is 2. The lowest BCUT2D eigenvalue weighted by Gasteiger charge is -2.18. The Morgan fingerprint density at radius 2 is 1.69 bits per heavy atom. The monoisotopic (exact) mass is 182 g/mol. The van der Waals surface area contributed by atoms with Crippen LogP contribution in [0.3, 0.4) is 0 Å². The fourth-order valence-electron chi connectivity index (χ4n) is 0.851. The second-order valence-electron chi connectivity index (χ2n) is 2.52. The lowest BCUT2D eigenvalue weighted by Crippen LogP contribution is -2.34. The maximum absolute atomic E-state index is 11.3. The van der Waals surface area contributed by atoms with E-state index in [4.69, 9.17) is 5.73 Å². The highest BCUT2D eigenvalue weighted by Gasteiger charge is 2.12. The molecule has 0 atom stereocenters. The summed E-state index contributed by atoms with van der Waals surface area (Å²) in [5, 5.41) is 0. The number of rotatable bonds is 6. The van der Waals surface area contributed by atoms with Crippen LogP contribution in [0.15, 0.2) is 25.3 Å². The summed E-state index contributed by atoms with van der Waals surface area (Å²) < 4.78 is 0. The van der Waals surface area contributed by atoms with E-state index in [2.05, 4.69) is 13.2 Å². The second kappa shape index (κ2) is 5.99. The van der Waals surface area contributed by atoms with E-state index in [9.17, 15) is 9.59 Å². The first-order valence-electron chi connectivity index (χ1n) is 3.89. The molecule has 72 valence electrons. The van der Waals surface area contributed by atoms with Crippen molar-refractivity contribution in [2.24, 2.45) is 5.73 Å². The van der Waals surface area contributed by atoms with Crippen LogP contribution in [0.2, 0.25) is 0 Å². The molecule has 0 radical (unpaired) electrons. The molecule has 0 fully saturated rings. The highest BCUT2D eigenvalue weighted by molar-refractivity contribution is 5.96. The summed E-state index contributed by atoms with van der Waals surface area (Å²) in [6.07, 6.45) is 2.91. The lowest BCUT2D eigenvalue weighted by molar-refractivity contribution is -0.134. The predicted octanol–water partition coefficient (Wildman–Crippen LogP) is 0.0624. The van der Waals surface area contributed by atoms with E-state index in [1.165, 1.54) is 4.90 Å². The van der Waals surface area contributed by atoms with E-state index < -0.39 is 5.91 Å². The predicted molar refractivity (Wildman–Crippen MR) is 50.8 cm³/mol. The Hall–Kier alpha value is -1.58. The van der Waals surface area contributed by atoms with Gasteiger partial charge in [-0.1, -0.05) is 12.2 Å². The normalized spacial score (nSPS) is 8.92. The SMILES string of the molecule is C=CCN(CC=C)C(=O)CC(N)=O. The standard InChI is InChI=1S/C9H14N2O2/c1-3-5-11(6-4-2)9(13)7-8(10)12/h3-4H,1-2,5-7H2,(H2,10,12). The van der Waals surface area contributed by atoms with Gasteiger partial charge in [-0.3, -0.25) is 9.59 Å². The van der Waals surface area contributed by atoms with Gasteiger partial charge in [0.05, 0.1) is 0 Å². The van der Waals surface area contributed by atoms with Gasteiger partial charge in [-0.05, 0) is 0 Å². The van der Waals surface area contributed by atoms with Gasteiger partial charge in [0.1, 0.15) is 6.42 Å². The molecule has 0 aliphatic rings. The molecule has 0 heterocycles. The van der Waals surface area contributed by atoms with Gasteiger partial charge in [0.25, 0.3) is 0 Å². The van der Waals surface area contributed by atoms with E-state index in [0.717, 1.165) is 0 Å². The molecule has 0 unspecified atom stereocenters. The highest BCUT2D eigenvalue weighted by atomic mass is 16.2. The molecule has 0 aromatic carbocycles. The molecule has 0 saturated carbocycles. The van der Waals surface area contributed by atoms with E-state index >= 15 is 0 Å². The van der Waals surface area contributed by atoms with Crippen LogP contribution in [0, 0.1) is 0 Å². The van der Waals surface area contributed by atoms with Gasteiger partial charge in [0, 0.05) is 13.1 Å². The molecule has 2 amide bonds.